The minimum atomic E-state index is 0.127. The molecular formula is C27H29NO3. The van der Waals surface area contributed by atoms with Crippen molar-refractivity contribution in [1.29, 1.82) is 0 Å². The molecule has 160 valence electrons. The second-order valence-corrected chi connectivity index (χ2v) is 7.74. The highest BCUT2D eigenvalue weighted by Crippen LogP contribution is 2.36. The third-order valence-electron chi connectivity index (χ3n) is 5.70. The normalized spacial score (nSPS) is 15.5. The summed E-state index contributed by atoms with van der Waals surface area (Å²) >= 11 is 0. The van der Waals surface area contributed by atoms with Crippen molar-refractivity contribution in [2.24, 2.45) is 0 Å². The van der Waals surface area contributed by atoms with Gasteiger partial charge in [-0.15, -0.1) is 0 Å². The Morgan fingerprint density at radius 3 is 2.55 bits per heavy atom. The lowest BCUT2D eigenvalue weighted by Gasteiger charge is -2.26. The summed E-state index contributed by atoms with van der Waals surface area (Å²) in [5.74, 6) is 2.43. The molecule has 31 heavy (non-hydrogen) atoms. The molecule has 3 aromatic carbocycles. The first-order chi connectivity index (χ1) is 15.2. The van der Waals surface area contributed by atoms with Crippen molar-refractivity contribution in [3.05, 3.63) is 94.6 Å². The van der Waals surface area contributed by atoms with Gasteiger partial charge in [-0.1, -0.05) is 48.6 Å². The van der Waals surface area contributed by atoms with Crippen molar-refractivity contribution >= 4 is 6.08 Å². The first-order valence-corrected chi connectivity index (χ1v) is 10.6. The summed E-state index contributed by atoms with van der Waals surface area (Å²) in [4.78, 5) is 0. The minimum Gasteiger partial charge on any atom is -0.497 e. The van der Waals surface area contributed by atoms with Crippen LogP contribution >= 0.6 is 0 Å². The van der Waals surface area contributed by atoms with Crippen molar-refractivity contribution in [3.63, 3.8) is 0 Å². The second-order valence-electron chi connectivity index (χ2n) is 7.74. The van der Waals surface area contributed by atoms with Gasteiger partial charge in [0.2, 0.25) is 0 Å². The lowest BCUT2D eigenvalue weighted by molar-refractivity contribution is 0.283. The molecule has 1 atom stereocenters. The monoisotopic (exact) mass is 415 g/mol. The number of aryl methyl sites for hydroxylation is 1. The van der Waals surface area contributed by atoms with E-state index in [9.17, 15) is 0 Å². The van der Waals surface area contributed by atoms with Crippen LogP contribution in [0.2, 0.25) is 0 Å². The van der Waals surface area contributed by atoms with Gasteiger partial charge in [0.25, 0.3) is 0 Å². The average Bonchev–Trinajstić information content (AvgIpc) is 2.81. The number of nitrogens with one attached hydrogen (secondary N) is 1. The largest absolute Gasteiger partial charge is 0.497 e. The van der Waals surface area contributed by atoms with Gasteiger partial charge in [0.1, 0.15) is 12.4 Å². The first kappa shape index (κ1) is 21.0. The standard InChI is InChI=1S/C27H29NO3/c1-19-15-23(29-2)11-9-21(19)10-12-25-24-17-26(30-3)27(16-22(24)13-14-28-25)31-18-20-7-5-4-6-8-20/h4-12,15-17,25,28H,13-14,18H2,1-3H3/b12-10+. The first-order valence-electron chi connectivity index (χ1n) is 10.6. The summed E-state index contributed by atoms with van der Waals surface area (Å²) in [7, 11) is 3.39. The van der Waals surface area contributed by atoms with Gasteiger partial charge < -0.3 is 19.5 Å². The summed E-state index contributed by atoms with van der Waals surface area (Å²) in [6, 6.07) is 20.7. The van der Waals surface area contributed by atoms with Crippen LogP contribution in [-0.2, 0) is 13.0 Å². The van der Waals surface area contributed by atoms with Crippen LogP contribution in [0, 0.1) is 6.92 Å². The number of benzene rings is 3. The van der Waals surface area contributed by atoms with E-state index in [2.05, 4.69) is 60.8 Å². The molecule has 0 radical (unpaired) electrons. The molecule has 3 aromatic rings. The fourth-order valence-electron chi connectivity index (χ4n) is 3.94. The Morgan fingerprint density at radius 2 is 1.81 bits per heavy atom. The van der Waals surface area contributed by atoms with Crippen LogP contribution in [-0.4, -0.2) is 20.8 Å². The number of hydrogen-bond donors (Lipinski definition) is 1. The Bertz CT molecular complexity index is 1060. The molecule has 0 saturated heterocycles. The Labute approximate surface area is 184 Å². The maximum Gasteiger partial charge on any atom is 0.161 e. The highest BCUT2D eigenvalue weighted by Gasteiger charge is 2.21. The van der Waals surface area contributed by atoms with Crippen LogP contribution in [0.15, 0.2) is 66.7 Å². The van der Waals surface area contributed by atoms with E-state index in [4.69, 9.17) is 14.2 Å². The SMILES string of the molecule is COc1ccc(/C=C/C2NCCc3cc(OCc4ccccc4)c(OC)cc32)c(C)c1. The van der Waals surface area contributed by atoms with Gasteiger partial charge in [-0.25, -0.2) is 0 Å². The molecule has 1 aliphatic heterocycles. The molecule has 0 fully saturated rings. The molecule has 1 unspecified atom stereocenters. The minimum absolute atomic E-state index is 0.127. The maximum atomic E-state index is 6.11. The van der Waals surface area contributed by atoms with E-state index >= 15 is 0 Å². The van der Waals surface area contributed by atoms with Crippen LogP contribution in [0.1, 0.15) is 33.9 Å². The second kappa shape index (κ2) is 9.71. The van der Waals surface area contributed by atoms with Crippen LogP contribution in [0.3, 0.4) is 0 Å². The summed E-state index contributed by atoms with van der Waals surface area (Å²) < 4.78 is 17.1. The third-order valence-corrected chi connectivity index (χ3v) is 5.70. The maximum absolute atomic E-state index is 6.11. The molecule has 4 nitrogen and oxygen atoms in total. The van der Waals surface area contributed by atoms with Crippen molar-refractivity contribution in [2.45, 2.75) is 26.0 Å². The molecule has 0 spiro atoms. The number of hydrogen-bond acceptors (Lipinski definition) is 4. The van der Waals surface area contributed by atoms with E-state index in [1.165, 1.54) is 22.3 Å². The molecule has 1 aliphatic rings. The van der Waals surface area contributed by atoms with E-state index in [1.54, 1.807) is 14.2 Å². The van der Waals surface area contributed by atoms with E-state index in [0.29, 0.717) is 6.61 Å². The molecule has 0 aliphatic carbocycles. The molecule has 0 amide bonds. The molecule has 0 saturated carbocycles. The van der Waals surface area contributed by atoms with Crippen LogP contribution in [0.25, 0.3) is 6.08 Å². The number of methoxy groups -OCH3 is 2. The summed E-state index contributed by atoms with van der Waals surface area (Å²) in [6.45, 7) is 3.55. The highest BCUT2D eigenvalue weighted by atomic mass is 16.5. The number of rotatable bonds is 7. The van der Waals surface area contributed by atoms with Gasteiger partial charge in [0.15, 0.2) is 11.5 Å². The predicted molar refractivity (Wildman–Crippen MR) is 125 cm³/mol. The van der Waals surface area contributed by atoms with Gasteiger partial charge in [-0.2, -0.15) is 0 Å². The van der Waals surface area contributed by atoms with E-state index < -0.39 is 0 Å². The number of ether oxygens (including phenoxy) is 3. The van der Waals surface area contributed by atoms with Crippen molar-refractivity contribution in [2.75, 3.05) is 20.8 Å². The zero-order valence-electron chi connectivity index (χ0n) is 18.4. The van der Waals surface area contributed by atoms with Gasteiger partial charge >= 0.3 is 0 Å². The van der Waals surface area contributed by atoms with Gasteiger partial charge in [0.05, 0.1) is 20.3 Å². The van der Waals surface area contributed by atoms with E-state index in [1.807, 2.05) is 24.3 Å². The Hall–Kier alpha value is -3.24. The van der Waals surface area contributed by atoms with Crippen LogP contribution in [0.5, 0.6) is 17.2 Å². The fraction of sp³-hybridized carbons (Fsp3) is 0.259. The lowest BCUT2D eigenvalue weighted by atomic mass is 9.92. The average molecular weight is 416 g/mol. The van der Waals surface area contributed by atoms with Crippen molar-refractivity contribution < 1.29 is 14.2 Å². The quantitative estimate of drug-likeness (QED) is 0.554. The predicted octanol–water partition coefficient (Wildman–Crippen LogP) is 5.49. The Kier molecular flexibility index (Phi) is 6.58. The molecule has 1 heterocycles. The smallest absolute Gasteiger partial charge is 0.161 e. The van der Waals surface area contributed by atoms with E-state index in [-0.39, 0.29) is 6.04 Å². The molecule has 4 rings (SSSR count). The van der Waals surface area contributed by atoms with Gasteiger partial charge in [-0.3, -0.25) is 0 Å². The highest BCUT2D eigenvalue weighted by molar-refractivity contribution is 5.58. The molecule has 0 bridgehead atoms. The van der Waals surface area contributed by atoms with Gasteiger partial charge in [-0.05, 0) is 65.4 Å². The van der Waals surface area contributed by atoms with Crippen molar-refractivity contribution in [3.8, 4) is 17.2 Å². The summed E-state index contributed by atoms with van der Waals surface area (Å²) in [6.07, 6.45) is 5.36. The Morgan fingerprint density at radius 1 is 0.968 bits per heavy atom. The zero-order chi connectivity index (χ0) is 21.6. The zero-order valence-corrected chi connectivity index (χ0v) is 18.4. The fourth-order valence-corrected chi connectivity index (χ4v) is 3.94. The summed E-state index contributed by atoms with van der Waals surface area (Å²) in [5.41, 5.74) is 6.04. The molecule has 4 heteroatoms. The van der Waals surface area contributed by atoms with Crippen LogP contribution in [0.4, 0.5) is 0 Å². The molecular weight excluding hydrogens is 386 g/mol. The lowest BCUT2D eigenvalue weighted by Crippen LogP contribution is -2.28. The van der Waals surface area contributed by atoms with E-state index in [0.717, 1.165) is 35.8 Å². The van der Waals surface area contributed by atoms with Gasteiger partial charge in [0, 0.05) is 6.54 Å². The number of fused-ring (bicyclic) bond motifs is 1. The Balaban J connectivity index is 1.56. The topological polar surface area (TPSA) is 39.7 Å². The van der Waals surface area contributed by atoms with Crippen LogP contribution < -0.4 is 19.5 Å². The summed E-state index contributed by atoms with van der Waals surface area (Å²) in [5, 5.41) is 3.61. The molecule has 0 aromatic heterocycles. The molecule has 1 N–H and O–H groups in total. The van der Waals surface area contributed by atoms with Crippen molar-refractivity contribution in [1.82, 2.24) is 5.32 Å². The third kappa shape index (κ3) is 4.92.